The number of Topliss-reactive ketones (excluding diaryl/α,β-unsaturated/α-hetero) is 1. The molecule has 5 rings (SSSR count). The molecule has 1 aliphatic heterocycles. The Labute approximate surface area is 199 Å². The zero-order chi connectivity index (χ0) is 24.0. The first-order chi connectivity index (χ1) is 16.4. The van der Waals surface area contributed by atoms with Crippen molar-refractivity contribution in [2.24, 2.45) is 0 Å². The molecule has 0 aliphatic carbocycles. The van der Waals surface area contributed by atoms with Gasteiger partial charge in [-0.1, -0.05) is 41.9 Å². The summed E-state index contributed by atoms with van der Waals surface area (Å²) in [5.41, 5.74) is 1.71. The van der Waals surface area contributed by atoms with Gasteiger partial charge in [-0.05, 0) is 36.4 Å². The van der Waals surface area contributed by atoms with E-state index in [4.69, 9.17) is 16.3 Å². The van der Waals surface area contributed by atoms with Crippen LogP contribution in [-0.4, -0.2) is 34.0 Å². The number of rotatable bonds is 4. The van der Waals surface area contributed by atoms with Crippen LogP contribution in [0.5, 0.6) is 11.5 Å². The number of ketones is 1. The number of phenolic OH excluding ortho intramolecular Hbond substituents is 1. The van der Waals surface area contributed by atoms with Gasteiger partial charge in [0.25, 0.3) is 11.7 Å². The van der Waals surface area contributed by atoms with Gasteiger partial charge in [0.2, 0.25) is 0 Å². The highest BCUT2D eigenvalue weighted by Gasteiger charge is 2.48. The maximum atomic E-state index is 13.3. The number of aromatic hydroxyl groups is 1. The Morgan fingerprint density at radius 1 is 1.06 bits per heavy atom. The molecule has 1 unspecified atom stereocenters. The lowest BCUT2D eigenvalue weighted by Crippen LogP contribution is -2.29. The number of halogens is 1. The van der Waals surface area contributed by atoms with Gasteiger partial charge in [0.1, 0.15) is 17.3 Å². The Morgan fingerprint density at radius 3 is 2.56 bits per heavy atom. The lowest BCUT2D eigenvalue weighted by molar-refractivity contribution is -0.132. The summed E-state index contributed by atoms with van der Waals surface area (Å²) in [6, 6.07) is 17.3. The molecule has 1 aromatic heterocycles. The molecule has 1 saturated heterocycles. The van der Waals surface area contributed by atoms with Gasteiger partial charge < -0.3 is 19.9 Å². The third kappa shape index (κ3) is 3.29. The van der Waals surface area contributed by atoms with Gasteiger partial charge in [0.15, 0.2) is 0 Å². The molecule has 2 heterocycles. The monoisotopic (exact) mass is 474 g/mol. The summed E-state index contributed by atoms with van der Waals surface area (Å²) in [6.45, 7) is 0. The van der Waals surface area contributed by atoms with Crippen molar-refractivity contribution >= 4 is 45.6 Å². The maximum absolute atomic E-state index is 13.3. The lowest BCUT2D eigenvalue weighted by Gasteiger charge is -2.25. The molecule has 1 fully saturated rings. The summed E-state index contributed by atoms with van der Waals surface area (Å²) in [5.74, 6) is -1.96. The van der Waals surface area contributed by atoms with Crippen LogP contribution in [0.3, 0.4) is 0 Å². The Kier molecular flexibility index (Phi) is 5.26. The Balaban J connectivity index is 1.80. The number of carbonyl (C=O) groups excluding carboxylic acids is 2. The number of phenols is 1. The number of aliphatic hydroxyl groups excluding tert-OH is 1. The van der Waals surface area contributed by atoms with Crippen LogP contribution in [0.25, 0.3) is 16.7 Å². The number of methoxy groups -OCH3 is 1. The number of H-pyrrole nitrogens is 1. The van der Waals surface area contributed by atoms with E-state index in [1.807, 2.05) is 24.3 Å². The fraction of sp³-hybridized carbons (Fsp3) is 0.0769. The number of aromatic nitrogens is 1. The second-order valence-corrected chi connectivity index (χ2v) is 8.20. The third-order valence-electron chi connectivity index (χ3n) is 5.93. The van der Waals surface area contributed by atoms with Crippen LogP contribution >= 0.6 is 11.6 Å². The van der Waals surface area contributed by atoms with E-state index in [-0.39, 0.29) is 28.3 Å². The fourth-order valence-electron chi connectivity index (χ4n) is 4.33. The number of hydrogen-bond donors (Lipinski definition) is 3. The highest BCUT2D eigenvalue weighted by atomic mass is 35.5. The molecule has 0 saturated carbocycles. The smallest absolute Gasteiger partial charge is 0.300 e. The number of benzene rings is 3. The van der Waals surface area contributed by atoms with Crippen LogP contribution in [0, 0.1) is 0 Å². The van der Waals surface area contributed by atoms with Crippen molar-refractivity contribution in [3.8, 4) is 11.5 Å². The molecule has 1 atom stereocenters. The minimum Gasteiger partial charge on any atom is -0.507 e. The number of amides is 1. The van der Waals surface area contributed by atoms with Crippen molar-refractivity contribution in [1.82, 2.24) is 4.98 Å². The quantitative estimate of drug-likeness (QED) is 0.215. The van der Waals surface area contributed by atoms with Crippen molar-refractivity contribution in [2.75, 3.05) is 12.0 Å². The predicted octanol–water partition coefficient (Wildman–Crippen LogP) is 5.16. The van der Waals surface area contributed by atoms with E-state index >= 15 is 0 Å². The van der Waals surface area contributed by atoms with Crippen LogP contribution in [0.1, 0.15) is 17.2 Å². The Hall–Kier alpha value is -4.23. The molecule has 0 bridgehead atoms. The zero-order valence-electron chi connectivity index (χ0n) is 17.9. The van der Waals surface area contributed by atoms with Gasteiger partial charge in [0, 0.05) is 28.2 Å². The van der Waals surface area contributed by atoms with Crippen molar-refractivity contribution in [3.05, 3.63) is 94.6 Å². The normalized spacial score (nSPS) is 17.5. The van der Waals surface area contributed by atoms with Crippen molar-refractivity contribution in [2.45, 2.75) is 6.04 Å². The molecule has 1 aliphatic rings. The zero-order valence-corrected chi connectivity index (χ0v) is 18.7. The molecule has 0 spiro atoms. The highest BCUT2D eigenvalue weighted by Crippen LogP contribution is 2.46. The fourth-order valence-corrected chi connectivity index (χ4v) is 4.52. The van der Waals surface area contributed by atoms with Gasteiger partial charge in [-0.15, -0.1) is 0 Å². The molecule has 8 heteroatoms. The standard InChI is InChI=1S/C26H19ClN2O5/c1-34-21-12-14(10-11-17(21)27)24(31)22-23(16-13-28-18-7-3-2-6-15(16)18)29(26(33)25(22)32)19-8-4-5-9-20(19)30/h2-13,23,28,30-31H,1H3/b24-22+. The van der Waals surface area contributed by atoms with Gasteiger partial charge in [-0.25, -0.2) is 0 Å². The molecule has 3 aromatic carbocycles. The first-order valence-corrected chi connectivity index (χ1v) is 10.8. The molecule has 3 N–H and O–H groups in total. The van der Waals surface area contributed by atoms with E-state index in [0.717, 1.165) is 10.9 Å². The highest BCUT2D eigenvalue weighted by molar-refractivity contribution is 6.52. The molecule has 34 heavy (non-hydrogen) atoms. The summed E-state index contributed by atoms with van der Waals surface area (Å²) in [5, 5.41) is 22.9. The lowest BCUT2D eigenvalue weighted by atomic mass is 9.94. The number of nitrogens with zero attached hydrogens (tertiary/aromatic N) is 1. The molecule has 0 radical (unpaired) electrons. The van der Waals surface area contributed by atoms with Gasteiger partial charge in [0.05, 0.1) is 29.4 Å². The van der Waals surface area contributed by atoms with Crippen molar-refractivity contribution in [3.63, 3.8) is 0 Å². The number of aromatic amines is 1. The van der Waals surface area contributed by atoms with Crippen LogP contribution in [-0.2, 0) is 9.59 Å². The first-order valence-electron chi connectivity index (χ1n) is 10.4. The summed E-state index contributed by atoms with van der Waals surface area (Å²) in [6.07, 6.45) is 1.70. The second-order valence-electron chi connectivity index (χ2n) is 7.80. The summed E-state index contributed by atoms with van der Waals surface area (Å²) in [7, 11) is 1.44. The topological polar surface area (TPSA) is 103 Å². The molecular formula is C26H19ClN2O5. The number of hydrogen-bond acceptors (Lipinski definition) is 5. The van der Waals surface area contributed by atoms with Gasteiger partial charge in [-0.2, -0.15) is 0 Å². The SMILES string of the molecule is COc1cc(/C(O)=C2\C(=O)C(=O)N(c3ccccc3O)C2c2c[nH]c3ccccc23)ccc1Cl. The first kappa shape index (κ1) is 21.6. The average molecular weight is 475 g/mol. The van der Waals surface area contributed by atoms with Crippen LogP contribution in [0.15, 0.2) is 78.5 Å². The van der Waals surface area contributed by atoms with Crippen LogP contribution in [0.2, 0.25) is 5.02 Å². The molecule has 1 amide bonds. The molecule has 170 valence electrons. The largest absolute Gasteiger partial charge is 0.507 e. The number of fused-ring (bicyclic) bond motifs is 1. The number of anilines is 1. The molecule has 7 nitrogen and oxygen atoms in total. The molecule has 4 aromatic rings. The Bertz CT molecular complexity index is 1490. The summed E-state index contributed by atoms with van der Waals surface area (Å²) in [4.78, 5) is 31.0. The van der Waals surface area contributed by atoms with E-state index in [1.54, 1.807) is 30.5 Å². The van der Waals surface area contributed by atoms with E-state index in [1.165, 1.54) is 30.2 Å². The predicted molar refractivity (Wildman–Crippen MR) is 129 cm³/mol. The molecular weight excluding hydrogens is 456 g/mol. The van der Waals surface area contributed by atoms with Crippen molar-refractivity contribution in [1.29, 1.82) is 0 Å². The van der Waals surface area contributed by atoms with Crippen LogP contribution in [0.4, 0.5) is 5.69 Å². The summed E-state index contributed by atoms with van der Waals surface area (Å²) < 4.78 is 5.24. The number of nitrogens with one attached hydrogen (secondary N) is 1. The van der Waals surface area contributed by atoms with Gasteiger partial charge >= 0.3 is 0 Å². The minimum absolute atomic E-state index is 0.109. The number of carbonyl (C=O) groups is 2. The number of aliphatic hydroxyl groups is 1. The number of ether oxygens (including phenoxy) is 1. The van der Waals surface area contributed by atoms with Crippen LogP contribution < -0.4 is 9.64 Å². The maximum Gasteiger partial charge on any atom is 0.300 e. The average Bonchev–Trinajstić information content (AvgIpc) is 3.38. The second kappa shape index (κ2) is 8.28. The summed E-state index contributed by atoms with van der Waals surface area (Å²) >= 11 is 6.12. The van der Waals surface area contributed by atoms with Crippen molar-refractivity contribution < 1.29 is 24.5 Å². The van der Waals surface area contributed by atoms with E-state index < -0.39 is 17.7 Å². The van der Waals surface area contributed by atoms with E-state index in [0.29, 0.717) is 16.3 Å². The van der Waals surface area contributed by atoms with Gasteiger partial charge in [-0.3, -0.25) is 14.5 Å². The third-order valence-corrected chi connectivity index (χ3v) is 6.24. The number of para-hydroxylation sites is 3. The Morgan fingerprint density at radius 2 is 1.79 bits per heavy atom. The van der Waals surface area contributed by atoms with E-state index in [9.17, 15) is 19.8 Å². The van der Waals surface area contributed by atoms with E-state index in [2.05, 4.69) is 4.98 Å². The minimum atomic E-state index is -0.994.